The van der Waals surface area contributed by atoms with Crippen LogP contribution in [0.1, 0.15) is 0 Å². The summed E-state index contributed by atoms with van der Waals surface area (Å²) in [6.45, 7) is 0. The van der Waals surface area contributed by atoms with Gasteiger partial charge < -0.3 is 10.1 Å². The third-order valence-corrected chi connectivity index (χ3v) is 2.97. The summed E-state index contributed by atoms with van der Waals surface area (Å²) in [5.41, 5.74) is 0.227. The number of carbonyl (C=O) groups excluding carboxylic acids is 1. The van der Waals surface area contributed by atoms with Crippen LogP contribution >= 0.6 is 31.9 Å². The number of carbonyl (C=O) groups is 1. The lowest BCUT2D eigenvalue weighted by Crippen LogP contribution is -2.20. The molecule has 0 aliphatic heterocycles. The maximum Gasteiger partial charge on any atom is 0.315 e. The summed E-state index contributed by atoms with van der Waals surface area (Å²) in [5, 5.41) is 2.07. The van der Waals surface area contributed by atoms with Gasteiger partial charge in [-0.05, 0) is 37.9 Å². The van der Waals surface area contributed by atoms with Gasteiger partial charge in [0.2, 0.25) is 0 Å². The lowest BCUT2D eigenvalue weighted by molar-refractivity contribution is -0.126. The average Bonchev–Trinajstić information content (AvgIpc) is 2.21. The van der Waals surface area contributed by atoms with Crippen LogP contribution in [-0.4, -0.2) is 19.4 Å². The summed E-state index contributed by atoms with van der Waals surface area (Å²) in [4.78, 5) is 10.8. The van der Waals surface area contributed by atoms with Crippen molar-refractivity contribution >= 4 is 43.5 Å². The highest BCUT2D eigenvalue weighted by Gasteiger charge is 2.17. The molecule has 0 atom stereocenters. The molecule has 0 unspecified atom stereocenters. The van der Waals surface area contributed by atoms with E-state index < -0.39 is 12.3 Å². The second-order valence-electron chi connectivity index (χ2n) is 2.76. The molecule has 0 fully saturated rings. The molecule has 1 aromatic rings. The zero-order chi connectivity index (χ0) is 12.3. The molecule has 0 aromatic heterocycles. The molecule has 0 bridgehead atoms. The number of nitrogens with one attached hydrogen (secondary N) is 1. The SMILES string of the molecule is COc1cc(NC(=O)C(F)F)c(Br)cc1Br. The van der Waals surface area contributed by atoms with Crippen molar-refractivity contribution in [2.75, 3.05) is 12.4 Å². The number of halogens is 4. The van der Waals surface area contributed by atoms with E-state index in [1.54, 1.807) is 6.07 Å². The first-order chi connectivity index (χ1) is 7.45. The van der Waals surface area contributed by atoms with Gasteiger partial charge in [-0.3, -0.25) is 4.79 Å². The molecule has 3 nitrogen and oxygen atoms in total. The van der Waals surface area contributed by atoms with E-state index in [-0.39, 0.29) is 5.69 Å². The smallest absolute Gasteiger partial charge is 0.315 e. The van der Waals surface area contributed by atoms with Crippen molar-refractivity contribution in [3.05, 3.63) is 21.1 Å². The van der Waals surface area contributed by atoms with E-state index in [4.69, 9.17) is 4.74 Å². The molecule has 0 saturated carbocycles. The summed E-state index contributed by atoms with van der Waals surface area (Å²) >= 11 is 6.36. The Balaban J connectivity index is 3.00. The van der Waals surface area contributed by atoms with Crippen molar-refractivity contribution in [1.29, 1.82) is 0 Å². The number of methoxy groups -OCH3 is 1. The van der Waals surface area contributed by atoms with Crippen LogP contribution in [0.3, 0.4) is 0 Å². The minimum absolute atomic E-state index is 0.227. The predicted molar refractivity (Wildman–Crippen MR) is 63.0 cm³/mol. The fourth-order valence-corrected chi connectivity index (χ4v) is 2.22. The molecule has 0 aliphatic rings. The summed E-state index contributed by atoms with van der Waals surface area (Å²) in [7, 11) is 1.44. The van der Waals surface area contributed by atoms with Gasteiger partial charge in [0.1, 0.15) is 5.75 Å². The van der Waals surface area contributed by atoms with Crippen molar-refractivity contribution in [3.8, 4) is 5.75 Å². The molecule has 0 heterocycles. The van der Waals surface area contributed by atoms with Crippen molar-refractivity contribution in [2.24, 2.45) is 0 Å². The quantitative estimate of drug-likeness (QED) is 0.899. The summed E-state index contributed by atoms with van der Waals surface area (Å²) in [6.07, 6.45) is -3.05. The Kier molecular flexibility index (Phi) is 4.67. The Morgan fingerprint density at radius 2 is 2.00 bits per heavy atom. The highest BCUT2D eigenvalue weighted by molar-refractivity contribution is 9.11. The van der Waals surface area contributed by atoms with Crippen LogP contribution in [0.15, 0.2) is 21.1 Å². The molecule has 1 N–H and O–H groups in total. The minimum atomic E-state index is -3.05. The Morgan fingerprint density at radius 3 is 2.50 bits per heavy atom. The number of alkyl halides is 2. The number of anilines is 1. The second-order valence-corrected chi connectivity index (χ2v) is 4.47. The highest BCUT2D eigenvalue weighted by atomic mass is 79.9. The van der Waals surface area contributed by atoms with Crippen LogP contribution in [0, 0.1) is 0 Å². The van der Waals surface area contributed by atoms with Crippen LogP contribution in [-0.2, 0) is 4.79 Å². The fourth-order valence-electron chi connectivity index (χ4n) is 0.969. The van der Waals surface area contributed by atoms with Crippen LogP contribution < -0.4 is 10.1 Å². The first kappa shape index (κ1) is 13.4. The lowest BCUT2D eigenvalue weighted by Gasteiger charge is -2.10. The van der Waals surface area contributed by atoms with E-state index in [9.17, 15) is 13.6 Å². The maximum atomic E-state index is 12.0. The van der Waals surface area contributed by atoms with Gasteiger partial charge in [-0.1, -0.05) is 0 Å². The molecule has 0 spiro atoms. The number of amides is 1. The number of ether oxygens (including phenoxy) is 1. The summed E-state index contributed by atoms with van der Waals surface area (Å²) in [5.74, 6) is -0.919. The van der Waals surface area contributed by atoms with Crippen molar-refractivity contribution in [1.82, 2.24) is 0 Å². The van der Waals surface area contributed by atoms with Crippen LogP contribution in [0.4, 0.5) is 14.5 Å². The van der Waals surface area contributed by atoms with E-state index in [0.29, 0.717) is 14.7 Å². The van der Waals surface area contributed by atoms with Gasteiger partial charge in [0.15, 0.2) is 0 Å². The van der Waals surface area contributed by atoms with Crippen LogP contribution in [0.5, 0.6) is 5.75 Å². The number of hydrogen-bond donors (Lipinski definition) is 1. The zero-order valence-corrected chi connectivity index (χ0v) is 11.2. The normalized spacial score (nSPS) is 10.4. The van der Waals surface area contributed by atoms with Crippen LogP contribution in [0.2, 0.25) is 0 Å². The molecule has 0 saturated heterocycles. The molecular formula is C9H7Br2F2NO2. The van der Waals surface area contributed by atoms with Gasteiger partial charge in [0, 0.05) is 10.5 Å². The van der Waals surface area contributed by atoms with Crippen molar-refractivity contribution in [2.45, 2.75) is 6.43 Å². The Hall–Kier alpha value is -0.690. The van der Waals surface area contributed by atoms with E-state index in [1.807, 2.05) is 0 Å². The van der Waals surface area contributed by atoms with E-state index >= 15 is 0 Å². The molecule has 88 valence electrons. The predicted octanol–water partition coefficient (Wildman–Crippen LogP) is 3.42. The van der Waals surface area contributed by atoms with Crippen molar-refractivity contribution in [3.63, 3.8) is 0 Å². The first-order valence-corrected chi connectivity index (χ1v) is 5.66. The summed E-state index contributed by atoms with van der Waals surface area (Å²) in [6, 6.07) is 3.04. The summed E-state index contributed by atoms with van der Waals surface area (Å²) < 4.78 is 30.2. The third kappa shape index (κ3) is 3.15. The van der Waals surface area contributed by atoms with Gasteiger partial charge in [0.25, 0.3) is 5.91 Å². The fraction of sp³-hybridized carbons (Fsp3) is 0.222. The molecule has 0 radical (unpaired) electrons. The van der Waals surface area contributed by atoms with Crippen LogP contribution in [0.25, 0.3) is 0 Å². The lowest BCUT2D eigenvalue weighted by atomic mass is 10.3. The Bertz CT molecular complexity index is 413. The van der Waals surface area contributed by atoms with Crippen molar-refractivity contribution < 1.29 is 18.3 Å². The molecule has 7 heteroatoms. The third-order valence-electron chi connectivity index (χ3n) is 1.70. The van der Waals surface area contributed by atoms with E-state index in [0.717, 1.165) is 0 Å². The maximum absolute atomic E-state index is 12.0. The molecule has 1 aromatic carbocycles. The van der Waals surface area contributed by atoms with Gasteiger partial charge in [-0.25, -0.2) is 0 Å². The molecule has 1 rings (SSSR count). The Morgan fingerprint density at radius 1 is 1.38 bits per heavy atom. The minimum Gasteiger partial charge on any atom is -0.495 e. The van der Waals surface area contributed by atoms with Gasteiger partial charge >= 0.3 is 6.43 Å². The van der Waals surface area contributed by atoms with E-state index in [2.05, 4.69) is 37.2 Å². The van der Waals surface area contributed by atoms with E-state index in [1.165, 1.54) is 13.2 Å². The molecular weight excluding hydrogens is 352 g/mol. The standard InChI is InChI=1S/C9H7Br2F2NO2/c1-16-7-3-6(4(10)2-5(7)11)14-9(15)8(12)13/h2-3,8H,1H3,(H,14,15). The monoisotopic (exact) mass is 357 g/mol. The first-order valence-electron chi connectivity index (χ1n) is 4.07. The zero-order valence-electron chi connectivity index (χ0n) is 8.06. The van der Waals surface area contributed by atoms with Gasteiger partial charge in [-0.2, -0.15) is 8.78 Å². The van der Waals surface area contributed by atoms with Gasteiger partial charge in [-0.15, -0.1) is 0 Å². The number of benzene rings is 1. The van der Waals surface area contributed by atoms with Gasteiger partial charge in [0.05, 0.1) is 17.3 Å². The highest BCUT2D eigenvalue weighted by Crippen LogP contribution is 2.34. The largest absolute Gasteiger partial charge is 0.495 e. The Labute approximate surface area is 107 Å². The number of hydrogen-bond acceptors (Lipinski definition) is 2. The topological polar surface area (TPSA) is 38.3 Å². The molecule has 0 aliphatic carbocycles. The number of rotatable bonds is 3. The molecule has 16 heavy (non-hydrogen) atoms. The second kappa shape index (κ2) is 5.58. The molecule has 1 amide bonds. The average molecular weight is 359 g/mol.